The quantitative estimate of drug-likeness (QED) is 0.691. The second-order valence-corrected chi connectivity index (χ2v) is 6.57. The molecule has 5 nitrogen and oxygen atoms in total. The summed E-state index contributed by atoms with van der Waals surface area (Å²) in [4.78, 5) is 14.1. The first-order chi connectivity index (χ1) is 12.0. The first-order valence-corrected chi connectivity index (χ1v) is 8.78. The Bertz CT molecular complexity index is 722. The average molecular weight is 407 g/mol. The number of nitrogens with one attached hydrogen (secondary N) is 1. The SMILES string of the molecule is COCCOc1cc(C)ccc1NC(=O)N(C)Cc1ccccc1Br. The molecule has 0 aliphatic rings. The maximum Gasteiger partial charge on any atom is 0.321 e. The van der Waals surface area contributed by atoms with Crippen molar-refractivity contribution in [1.29, 1.82) is 0 Å². The van der Waals surface area contributed by atoms with Gasteiger partial charge in [-0.15, -0.1) is 0 Å². The van der Waals surface area contributed by atoms with E-state index in [1.165, 1.54) is 0 Å². The number of hydrogen-bond donors (Lipinski definition) is 1. The van der Waals surface area contributed by atoms with E-state index < -0.39 is 0 Å². The molecule has 2 rings (SSSR count). The number of carbonyl (C=O) groups excluding carboxylic acids is 1. The number of carbonyl (C=O) groups is 1. The molecule has 0 saturated carbocycles. The van der Waals surface area contributed by atoms with E-state index in [1.54, 1.807) is 19.1 Å². The lowest BCUT2D eigenvalue weighted by Gasteiger charge is -2.20. The van der Waals surface area contributed by atoms with Gasteiger partial charge in [0.1, 0.15) is 12.4 Å². The lowest BCUT2D eigenvalue weighted by Crippen LogP contribution is -2.31. The number of hydrogen-bond acceptors (Lipinski definition) is 3. The van der Waals surface area contributed by atoms with Crippen LogP contribution in [-0.4, -0.2) is 38.3 Å². The number of aryl methyl sites for hydroxylation is 1. The van der Waals surface area contributed by atoms with Crippen LogP contribution in [0.5, 0.6) is 5.75 Å². The van der Waals surface area contributed by atoms with Gasteiger partial charge in [0.2, 0.25) is 0 Å². The molecule has 2 aromatic rings. The van der Waals surface area contributed by atoms with Crippen molar-refractivity contribution in [2.24, 2.45) is 0 Å². The molecule has 0 unspecified atom stereocenters. The Morgan fingerprint density at radius 1 is 1.20 bits per heavy atom. The van der Waals surface area contributed by atoms with Crippen LogP contribution in [0.4, 0.5) is 10.5 Å². The minimum atomic E-state index is -0.198. The van der Waals surface area contributed by atoms with E-state index in [2.05, 4.69) is 21.2 Å². The summed E-state index contributed by atoms with van der Waals surface area (Å²) in [6, 6.07) is 13.3. The van der Waals surface area contributed by atoms with Crippen molar-refractivity contribution in [3.8, 4) is 5.75 Å². The highest BCUT2D eigenvalue weighted by atomic mass is 79.9. The highest BCUT2D eigenvalue weighted by Gasteiger charge is 2.13. The summed E-state index contributed by atoms with van der Waals surface area (Å²) < 4.78 is 11.7. The third-order valence-corrected chi connectivity index (χ3v) is 4.41. The molecule has 134 valence electrons. The largest absolute Gasteiger partial charge is 0.489 e. The van der Waals surface area contributed by atoms with Gasteiger partial charge in [-0.3, -0.25) is 0 Å². The summed E-state index contributed by atoms with van der Waals surface area (Å²) in [6.45, 7) is 3.39. The van der Waals surface area contributed by atoms with Crippen molar-refractivity contribution in [3.63, 3.8) is 0 Å². The molecule has 1 N–H and O–H groups in total. The smallest absolute Gasteiger partial charge is 0.321 e. The molecule has 2 amide bonds. The molecule has 0 heterocycles. The molecule has 0 spiro atoms. The Labute approximate surface area is 157 Å². The number of urea groups is 1. The number of ether oxygens (including phenoxy) is 2. The van der Waals surface area contributed by atoms with Crippen LogP contribution >= 0.6 is 15.9 Å². The molecule has 0 atom stereocenters. The van der Waals surface area contributed by atoms with E-state index in [9.17, 15) is 4.79 Å². The maximum absolute atomic E-state index is 12.5. The first kappa shape index (κ1) is 19.3. The molecular weight excluding hydrogens is 384 g/mol. The van der Waals surface area contributed by atoms with Gasteiger partial charge in [0.25, 0.3) is 0 Å². The van der Waals surface area contributed by atoms with Crippen LogP contribution in [-0.2, 0) is 11.3 Å². The average Bonchev–Trinajstić information content (AvgIpc) is 2.59. The van der Waals surface area contributed by atoms with Gasteiger partial charge >= 0.3 is 6.03 Å². The zero-order valence-electron chi connectivity index (χ0n) is 14.7. The van der Waals surface area contributed by atoms with Crippen LogP contribution in [0, 0.1) is 6.92 Å². The number of halogens is 1. The summed E-state index contributed by atoms with van der Waals surface area (Å²) in [6.07, 6.45) is 0. The summed E-state index contributed by atoms with van der Waals surface area (Å²) in [5, 5.41) is 2.91. The molecular formula is C19H23BrN2O3. The minimum Gasteiger partial charge on any atom is -0.489 e. The van der Waals surface area contributed by atoms with Gasteiger partial charge in [-0.1, -0.05) is 40.2 Å². The van der Waals surface area contributed by atoms with E-state index in [0.29, 0.717) is 31.2 Å². The molecule has 0 aliphatic carbocycles. The number of anilines is 1. The predicted molar refractivity (Wildman–Crippen MR) is 103 cm³/mol. The number of rotatable bonds is 7. The van der Waals surface area contributed by atoms with Crippen LogP contribution in [0.25, 0.3) is 0 Å². The maximum atomic E-state index is 12.5. The van der Waals surface area contributed by atoms with Gasteiger partial charge in [0.15, 0.2) is 0 Å². The third kappa shape index (κ3) is 5.76. The van der Waals surface area contributed by atoms with Gasteiger partial charge in [-0.05, 0) is 36.2 Å². The van der Waals surface area contributed by atoms with E-state index in [1.807, 2.05) is 49.4 Å². The molecule has 2 aromatic carbocycles. The number of methoxy groups -OCH3 is 1. The number of amides is 2. The van der Waals surface area contributed by atoms with Gasteiger partial charge < -0.3 is 19.7 Å². The first-order valence-electron chi connectivity index (χ1n) is 7.99. The van der Waals surface area contributed by atoms with Crippen molar-refractivity contribution in [1.82, 2.24) is 4.90 Å². The lowest BCUT2D eigenvalue weighted by atomic mass is 10.2. The highest BCUT2D eigenvalue weighted by Crippen LogP contribution is 2.26. The standard InChI is InChI=1S/C19H23BrN2O3/c1-14-8-9-17(18(12-14)25-11-10-24-3)21-19(23)22(2)13-15-6-4-5-7-16(15)20/h4-9,12H,10-11,13H2,1-3H3,(H,21,23). The summed E-state index contributed by atoms with van der Waals surface area (Å²) in [5.41, 5.74) is 2.75. The van der Waals surface area contributed by atoms with Crippen molar-refractivity contribution < 1.29 is 14.3 Å². The fourth-order valence-corrected chi connectivity index (χ4v) is 2.66. The van der Waals surface area contributed by atoms with Crippen LogP contribution in [0.1, 0.15) is 11.1 Å². The normalized spacial score (nSPS) is 10.4. The highest BCUT2D eigenvalue weighted by molar-refractivity contribution is 9.10. The third-order valence-electron chi connectivity index (χ3n) is 3.64. The molecule has 6 heteroatoms. The Morgan fingerprint density at radius 3 is 2.68 bits per heavy atom. The van der Waals surface area contributed by atoms with Gasteiger partial charge in [0, 0.05) is 25.2 Å². The summed E-state index contributed by atoms with van der Waals surface area (Å²) in [5.74, 6) is 0.639. The van der Waals surface area contributed by atoms with Crippen LogP contribution < -0.4 is 10.1 Å². The monoisotopic (exact) mass is 406 g/mol. The van der Waals surface area contributed by atoms with Crippen LogP contribution in [0.2, 0.25) is 0 Å². The van der Waals surface area contributed by atoms with E-state index in [4.69, 9.17) is 9.47 Å². The fourth-order valence-electron chi connectivity index (χ4n) is 2.25. The number of nitrogens with zero attached hydrogens (tertiary/aromatic N) is 1. The molecule has 0 fully saturated rings. The second kappa shape index (κ2) is 9.44. The fraction of sp³-hybridized carbons (Fsp3) is 0.316. The molecule has 0 aromatic heterocycles. The Balaban J connectivity index is 2.05. The van der Waals surface area contributed by atoms with Crippen molar-refractivity contribution in [2.45, 2.75) is 13.5 Å². The van der Waals surface area contributed by atoms with Gasteiger partial charge in [0.05, 0.1) is 12.3 Å². The van der Waals surface area contributed by atoms with E-state index in [-0.39, 0.29) is 6.03 Å². The van der Waals surface area contributed by atoms with Crippen LogP contribution in [0.3, 0.4) is 0 Å². The van der Waals surface area contributed by atoms with E-state index in [0.717, 1.165) is 15.6 Å². The Kier molecular flexibility index (Phi) is 7.28. The second-order valence-electron chi connectivity index (χ2n) is 5.72. The summed E-state index contributed by atoms with van der Waals surface area (Å²) >= 11 is 3.51. The van der Waals surface area contributed by atoms with Crippen LogP contribution in [0.15, 0.2) is 46.9 Å². The molecule has 0 saturated heterocycles. The summed E-state index contributed by atoms with van der Waals surface area (Å²) in [7, 11) is 3.38. The minimum absolute atomic E-state index is 0.198. The molecule has 25 heavy (non-hydrogen) atoms. The lowest BCUT2D eigenvalue weighted by molar-refractivity contribution is 0.146. The number of benzene rings is 2. The zero-order valence-corrected chi connectivity index (χ0v) is 16.3. The zero-order chi connectivity index (χ0) is 18.2. The van der Waals surface area contributed by atoms with Crippen molar-refractivity contribution in [2.75, 3.05) is 32.7 Å². The Hall–Kier alpha value is -2.05. The predicted octanol–water partition coefficient (Wildman–Crippen LogP) is 4.45. The Morgan fingerprint density at radius 2 is 1.96 bits per heavy atom. The topological polar surface area (TPSA) is 50.8 Å². The molecule has 0 aliphatic heterocycles. The van der Waals surface area contributed by atoms with Crippen molar-refractivity contribution in [3.05, 3.63) is 58.1 Å². The molecule has 0 radical (unpaired) electrons. The van der Waals surface area contributed by atoms with Gasteiger partial charge in [-0.2, -0.15) is 0 Å². The van der Waals surface area contributed by atoms with Gasteiger partial charge in [-0.25, -0.2) is 4.79 Å². The van der Waals surface area contributed by atoms with E-state index >= 15 is 0 Å². The molecule has 0 bridgehead atoms. The van der Waals surface area contributed by atoms with Crippen molar-refractivity contribution >= 4 is 27.6 Å².